The van der Waals surface area contributed by atoms with E-state index in [9.17, 15) is 13.6 Å². The molecule has 1 amide bonds. The van der Waals surface area contributed by atoms with E-state index in [0.717, 1.165) is 23.9 Å². The van der Waals surface area contributed by atoms with Gasteiger partial charge in [-0.05, 0) is 31.0 Å². The van der Waals surface area contributed by atoms with Crippen molar-refractivity contribution in [1.29, 1.82) is 5.26 Å². The van der Waals surface area contributed by atoms with Crippen LogP contribution in [0.3, 0.4) is 0 Å². The number of carbonyl (C=O) groups is 1. The van der Waals surface area contributed by atoms with Crippen molar-refractivity contribution < 1.29 is 13.6 Å². The van der Waals surface area contributed by atoms with E-state index < -0.39 is 12.2 Å². The second-order valence-electron chi connectivity index (χ2n) is 7.74. The second-order valence-corrected chi connectivity index (χ2v) is 7.74. The smallest absolute Gasteiger partial charge is 0.237 e. The fourth-order valence-corrected chi connectivity index (χ4v) is 4.19. The van der Waals surface area contributed by atoms with Crippen LogP contribution in [-0.4, -0.2) is 65.1 Å². The van der Waals surface area contributed by atoms with Crippen LogP contribution in [0.2, 0.25) is 0 Å². The molecule has 3 heterocycles. The summed E-state index contributed by atoms with van der Waals surface area (Å²) >= 11 is 0. The molecule has 0 radical (unpaired) electrons. The van der Waals surface area contributed by atoms with E-state index in [1.54, 1.807) is 6.20 Å². The van der Waals surface area contributed by atoms with Gasteiger partial charge in [-0.15, -0.1) is 0 Å². The first-order chi connectivity index (χ1) is 14.0. The molecule has 2 aromatic rings. The Bertz CT molecular complexity index is 938. The zero-order valence-corrected chi connectivity index (χ0v) is 16.0. The highest BCUT2D eigenvalue weighted by molar-refractivity contribution is 5.91. The molecule has 2 aliphatic heterocycles. The first-order valence-electron chi connectivity index (χ1n) is 9.90. The first-order valence-corrected chi connectivity index (χ1v) is 9.90. The zero-order valence-electron chi connectivity index (χ0n) is 16.0. The van der Waals surface area contributed by atoms with Gasteiger partial charge in [-0.25, -0.2) is 8.78 Å². The van der Waals surface area contributed by atoms with Crippen molar-refractivity contribution in [3.63, 3.8) is 0 Å². The molecule has 0 spiro atoms. The average molecular weight is 399 g/mol. The fourth-order valence-electron chi connectivity index (χ4n) is 4.19. The summed E-state index contributed by atoms with van der Waals surface area (Å²) < 4.78 is 27.5. The van der Waals surface area contributed by atoms with E-state index in [0.29, 0.717) is 18.6 Å². The third kappa shape index (κ3) is 4.30. The topological polar surface area (TPSA) is 72.3 Å². The molecule has 1 aromatic carbocycles. The van der Waals surface area contributed by atoms with Crippen molar-refractivity contribution in [2.24, 2.45) is 0 Å². The summed E-state index contributed by atoms with van der Waals surface area (Å²) in [7, 11) is 0. The maximum Gasteiger partial charge on any atom is 0.237 e. The summed E-state index contributed by atoms with van der Waals surface area (Å²) in [5.41, 5.74) is 1.34. The Kier molecular flexibility index (Phi) is 5.58. The standard InChI is InChI=1S/C21H23F2N5O/c22-14-9-19-18(2-1-5-25-19)20(10-14)26-16-3-6-27(7-4-16)13-21(29)28-12-15(23)8-17(28)11-24/h1-2,5,9-10,15-17,26H,3-4,6-8,12-13H2/t15-,17?/m0/s1. The maximum atomic E-state index is 13.9. The lowest BCUT2D eigenvalue weighted by atomic mass is 10.0. The Morgan fingerprint density at radius 3 is 2.90 bits per heavy atom. The lowest BCUT2D eigenvalue weighted by Crippen LogP contribution is -2.46. The normalized spacial score (nSPS) is 23.3. The van der Waals surface area contributed by atoms with Crippen LogP contribution in [0.15, 0.2) is 30.5 Å². The Balaban J connectivity index is 1.34. The van der Waals surface area contributed by atoms with E-state index >= 15 is 0 Å². The van der Waals surface area contributed by atoms with Crippen LogP contribution in [0.25, 0.3) is 10.9 Å². The number of carbonyl (C=O) groups excluding carboxylic acids is 1. The summed E-state index contributed by atoms with van der Waals surface area (Å²) in [6.07, 6.45) is 2.24. The van der Waals surface area contributed by atoms with Gasteiger partial charge in [0.15, 0.2) is 0 Å². The Labute approximate surface area is 168 Å². The van der Waals surface area contributed by atoms with Gasteiger partial charge >= 0.3 is 0 Å². The molecular weight excluding hydrogens is 376 g/mol. The number of hydrogen-bond donors (Lipinski definition) is 1. The SMILES string of the molecule is N#CC1C[C@H](F)CN1C(=O)CN1CCC(Nc2cc(F)cc3ncccc23)CC1. The highest BCUT2D eigenvalue weighted by Crippen LogP contribution is 2.26. The number of rotatable bonds is 4. The number of amides is 1. The van der Waals surface area contributed by atoms with Gasteiger partial charge in [0.1, 0.15) is 18.0 Å². The number of benzene rings is 1. The molecule has 29 heavy (non-hydrogen) atoms. The minimum Gasteiger partial charge on any atom is -0.382 e. The predicted octanol–water partition coefficient (Wildman–Crippen LogP) is 2.71. The molecule has 2 fully saturated rings. The van der Waals surface area contributed by atoms with Crippen LogP contribution in [0.4, 0.5) is 14.5 Å². The molecule has 2 atom stereocenters. The number of hydrogen-bond acceptors (Lipinski definition) is 5. The van der Waals surface area contributed by atoms with Crippen LogP contribution in [0.1, 0.15) is 19.3 Å². The van der Waals surface area contributed by atoms with Crippen molar-refractivity contribution in [2.75, 3.05) is 31.5 Å². The number of piperidine rings is 1. The molecule has 152 valence electrons. The van der Waals surface area contributed by atoms with Crippen molar-refractivity contribution in [2.45, 2.75) is 37.5 Å². The highest BCUT2D eigenvalue weighted by atomic mass is 19.1. The zero-order chi connectivity index (χ0) is 20.4. The number of likely N-dealkylation sites (tertiary alicyclic amines) is 2. The van der Waals surface area contributed by atoms with Gasteiger partial charge in [-0.3, -0.25) is 14.7 Å². The van der Waals surface area contributed by atoms with Gasteiger partial charge in [0.2, 0.25) is 5.91 Å². The van der Waals surface area contributed by atoms with Crippen LogP contribution >= 0.6 is 0 Å². The van der Waals surface area contributed by atoms with Crippen LogP contribution in [0.5, 0.6) is 0 Å². The molecule has 0 saturated carbocycles. The van der Waals surface area contributed by atoms with E-state index in [2.05, 4.69) is 10.3 Å². The van der Waals surface area contributed by atoms with E-state index in [4.69, 9.17) is 5.26 Å². The van der Waals surface area contributed by atoms with Gasteiger partial charge in [0.05, 0.1) is 24.7 Å². The third-order valence-corrected chi connectivity index (χ3v) is 5.71. The lowest BCUT2D eigenvalue weighted by Gasteiger charge is -2.33. The monoisotopic (exact) mass is 399 g/mol. The van der Waals surface area contributed by atoms with E-state index in [1.165, 1.54) is 17.0 Å². The minimum absolute atomic E-state index is 0.00968. The quantitative estimate of drug-likeness (QED) is 0.856. The van der Waals surface area contributed by atoms with Gasteiger partial charge in [0.25, 0.3) is 0 Å². The minimum atomic E-state index is -1.12. The van der Waals surface area contributed by atoms with Crippen molar-refractivity contribution in [3.05, 3.63) is 36.3 Å². The lowest BCUT2D eigenvalue weighted by molar-refractivity contribution is -0.132. The number of fused-ring (bicyclic) bond motifs is 1. The number of nitrogens with one attached hydrogen (secondary N) is 1. The summed E-state index contributed by atoms with van der Waals surface area (Å²) in [5, 5.41) is 13.4. The largest absolute Gasteiger partial charge is 0.382 e. The van der Waals surface area contributed by atoms with Crippen molar-refractivity contribution in [1.82, 2.24) is 14.8 Å². The summed E-state index contributed by atoms with van der Waals surface area (Å²) in [4.78, 5) is 20.1. The number of aromatic nitrogens is 1. The van der Waals surface area contributed by atoms with Crippen molar-refractivity contribution in [3.8, 4) is 6.07 Å². The number of alkyl halides is 1. The number of nitriles is 1. The molecule has 6 nitrogen and oxygen atoms in total. The summed E-state index contributed by atoms with van der Waals surface area (Å²) in [6, 6.07) is 8.17. The fraction of sp³-hybridized carbons (Fsp3) is 0.476. The molecule has 2 saturated heterocycles. The van der Waals surface area contributed by atoms with Gasteiger partial charge in [-0.2, -0.15) is 5.26 Å². The Morgan fingerprint density at radius 2 is 2.14 bits per heavy atom. The Hall–Kier alpha value is -2.79. The molecule has 0 aliphatic carbocycles. The van der Waals surface area contributed by atoms with Gasteiger partial charge in [0, 0.05) is 48.9 Å². The van der Waals surface area contributed by atoms with Crippen LogP contribution in [0, 0.1) is 17.1 Å². The maximum absolute atomic E-state index is 13.9. The number of nitrogens with zero attached hydrogens (tertiary/aromatic N) is 4. The summed E-state index contributed by atoms with van der Waals surface area (Å²) in [6.45, 7) is 1.62. The second kappa shape index (κ2) is 8.29. The highest BCUT2D eigenvalue weighted by Gasteiger charge is 2.36. The molecule has 4 rings (SSSR count). The molecule has 1 unspecified atom stereocenters. The van der Waals surface area contributed by atoms with E-state index in [1.807, 2.05) is 23.1 Å². The molecule has 8 heteroatoms. The predicted molar refractivity (Wildman–Crippen MR) is 105 cm³/mol. The number of halogens is 2. The molecule has 1 aromatic heterocycles. The molecular formula is C21H23F2N5O. The summed E-state index contributed by atoms with van der Waals surface area (Å²) in [5.74, 6) is -0.518. The molecule has 0 bridgehead atoms. The third-order valence-electron chi connectivity index (χ3n) is 5.71. The molecule has 2 aliphatic rings. The van der Waals surface area contributed by atoms with Crippen LogP contribution in [-0.2, 0) is 4.79 Å². The number of anilines is 1. The average Bonchev–Trinajstić information content (AvgIpc) is 3.10. The van der Waals surface area contributed by atoms with Gasteiger partial charge < -0.3 is 10.2 Å². The Morgan fingerprint density at radius 1 is 1.34 bits per heavy atom. The van der Waals surface area contributed by atoms with Crippen molar-refractivity contribution >= 4 is 22.5 Å². The van der Waals surface area contributed by atoms with Gasteiger partial charge in [-0.1, -0.05) is 0 Å². The number of pyridine rings is 1. The molecule has 1 N–H and O–H groups in total. The van der Waals surface area contributed by atoms with Crippen LogP contribution < -0.4 is 5.32 Å². The first kappa shape index (κ1) is 19.5. The van der Waals surface area contributed by atoms with E-state index in [-0.39, 0.29) is 37.3 Å².